The van der Waals surface area contributed by atoms with Gasteiger partial charge in [0.25, 0.3) is 0 Å². The van der Waals surface area contributed by atoms with Crippen molar-refractivity contribution in [1.29, 1.82) is 0 Å². The van der Waals surface area contributed by atoms with Gasteiger partial charge in [-0.2, -0.15) is 0 Å². The highest BCUT2D eigenvalue weighted by Gasteiger charge is 2.15. The van der Waals surface area contributed by atoms with Crippen molar-refractivity contribution in [2.45, 2.75) is 19.1 Å². The number of hydrogen-bond donors (Lipinski definition) is 2. The van der Waals surface area contributed by atoms with Gasteiger partial charge in [-0.3, -0.25) is 0 Å². The van der Waals surface area contributed by atoms with Crippen LogP contribution in [0.3, 0.4) is 0 Å². The van der Waals surface area contributed by atoms with E-state index in [4.69, 9.17) is 22.4 Å². The van der Waals surface area contributed by atoms with Gasteiger partial charge in [0.2, 0.25) is 0 Å². The van der Waals surface area contributed by atoms with Crippen molar-refractivity contribution in [2.75, 3.05) is 0 Å². The van der Waals surface area contributed by atoms with Gasteiger partial charge in [0.15, 0.2) is 0 Å². The molecule has 0 saturated heterocycles. The Kier molecular flexibility index (Phi) is 3.25. The van der Waals surface area contributed by atoms with Crippen molar-refractivity contribution >= 4 is 11.6 Å². The normalized spacial score (nSPS) is 15.5. The van der Waals surface area contributed by atoms with Crippen LogP contribution in [0.2, 0.25) is 5.02 Å². The Bertz CT molecular complexity index is 304. The van der Waals surface area contributed by atoms with Crippen molar-refractivity contribution in [2.24, 2.45) is 5.73 Å². The molecule has 0 spiro atoms. The maximum absolute atomic E-state index is 13.2. The summed E-state index contributed by atoms with van der Waals surface area (Å²) in [4.78, 5) is 0. The smallest absolute Gasteiger partial charge is 0.129 e. The first-order valence-corrected chi connectivity index (χ1v) is 4.28. The second kappa shape index (κ2) is 4.05. The highest BCUT2D eigenvalue weighted by Crippen LogP contribution is 2.21. The fourth-order valence-corrected chi connectivity index (χ4v) is 1.19. The van der Waals surface area contributed by atoms with E-state index in [2.05, 4.69) is 0 Å². The maximum atomic E-state index is 13.2. The van der Waals surface area contributed by atoms with Crippen LogP contribution in [0.1, 0.15) is 18.5 Å². The van der Waals surface area contributed by atoms with E-state index in [9.17, 15) is 4.39 Å². The highest BCUT2D eigenvalue weighted by atomic mass is 35.5. The second-order valence-corrected chi connectivity index (χ2v) is 3.37. The van der Waals surface area contributed by atoms with Gasteiger partial charge in [-0.05, 0) is 19.1 Å². The molecular weight excluding hydrogens is 193 g/mol. The lowest BCUT2D eigenvalue weighted by molar-refractivity contribution is 0.162. The van der Waals surface area contributed by atoms with E-state index < -0.39 is 18.0 Å². The van der Waals surface area contributed by atoms with Crippen LogP contribution in [0.25, 0.3) is 0 Å². The van der Waals surface area contributed by atoms with Crippen LogP contribution in [0.4, 0.5) is 4.39 Å². The third kappa shape index (κ3) is 2.40. The number of hydrogen-bond acceptors (Lipinski definition) is 2. The van der Waals surface area contributed by atoms with Gasteiger partial charge < -0.3 is 10.8 Å². The van der Waals surface area contributed by atoms with E-state index in [-0.39, 0.29) is 5.56 Å². The van der Waals surface area contributed by atoms with E-state index >= 15 is 0 Å². The first kappa shape index (κ1) is 10.4. The van der Waals surface area contributed by atoms with Gasteiger partial charge in [-0.25, -0.2) is 4.39 Å². The molecule has 72 valence electrons. The molecule has 1 aromatic rings. The van der Waals surface area contributed by atoms with E-state index in [1.807, 2.05) is 0 Å². The van der Waals surface area contributed by atoms with Gasteiger partial charge in [0.1, 0.15) is 5.82 Å². The Labute approximate surface area is 81.1 Å². The minimum Gasteiger partial charge on any atom is -0.391 e. The molecule has 0 aliphatic rings. The molecule has 0 aliphatic heterocycles. The van der Waals surface area contributed by atoms with Crippen LogP contribution in [0.5, 0.6) is 0 Å². The summed E-state index contributed by atoms with van der Waals surface area (Å²) in [7, 11) is 0. The number of benzene rings is 1. The van der Waals surface area contributed by atoms with Crippen molar-refractivity contribution in [3.8, 4) is 0 Å². The first-order chi connectivity index (χ1) is 6.02. The first-order valence-electron chi connectivity index (χ1n) is 3.91. The minimum absolute atomic E-state index is 0.277. The zero-order valence-electron chi connectivity index (χ0n) is 7.17. The summed E-state index contributed by atoms with van der Waals surface area (Å²) in [5, 5.41) is 9.46. The summed E-state index contributed by atoms with van der Waals surface area (Å²) in [6.07, 6.45) is -0.782. The molecule has 0 bridgehead atoms. The largest absolute Gasteiger partial charge is 0.391 e. The average molecular weight is 204 g/mol. The predicted molar refractivity (Wildman–Crippen MR) is 50.0 cm³/mol. The molecule has 0 fully saturated rings. The molecule has 1 rings (SSSR count). The Balaban J connectivity index is 3.01. The van der Waals surface area contributed by atoms with Crippen LogP contribution in [0.15, 0.2) is 18.2 Å². The molecule has 3 N–H and O–H groups in total. The second-order valence-electron chi connectivity index (χ2n) is 2.93. The van der Waals surface area contributed by atoms with Gasteiger partial charge in [-0.1, -0.05) is 17.7 Å². The number of aliphatic hydroxyl groups is 1. The summed E-state index contributed by atoms with van der Waals surface area (Å²) in [5.41, 5.74) is 5.83. The monoisotopic (exact) mass is 203 g/mol. The lowest BCUT2D eigenvalue weighted by Gasteiger charge is -2.15. The van der Waals surface area contributed by atoms with E-state index in [1.165, 1.54) is 19.1 Å². The van der Waals surface area contributed by atoms with Crippen molar-refractivity contribution in [3.63, 3.8) is 0 Å². The van der Waals surface area contributed by atoms with Gasteiger partial charge >= 0.3 is 0 Å². The van der Waals surface area contributed by atoms with E-state index in [0.29, 0.717) is 5.02 Å². The summed E-state index contributed by atoms with van der Waals surface area (Å²) in [6, 6.07) is 3.49. The number of aliphatic hydroxyl groups excluding tert-OH is 1. The van der Waals surface area contributed by atoms with Crippen molar-refractivity contribution in [3.05, 3.63) is 34.6 Å². The zero-order valence-corrected chi connectivity index (χ0v) is 7.92. The van der Waals surface area contributed by atoms with Crippen LogP contribution in [0, 0.1) is 5.82 Å². The molecule has 2 nitrogen and oxygen atoms in total. The molecule has 1 aromatic carbocycles. The van der Waals surface area contributed by atoms with Crippen LogP contribution in [-0.2, 0) is 0 Å². The molecule has 13 heavy (non-hydrogen) atoms. The molecule has 0 aliphatic carbocycles. The van der Waals surface area contributed by atoms with Gasteiger partial charge in [0.05, 0.1) is 12.1 Å². The van der Waals surface area contributed by atoms with Crippen LogP contribution < -0.4 is 5.73 Å². The number of nitrogens with two attached hydrogens (primary N) is 1. The average Bonchev–Trinajstić information content (AvgIpc) is 2.03. The number of halogens is 2. The molecule has 0 radical (unpaired) electrons. The molecule has 0 amide bonds. The molecule has 2 atom stereocenters. The Morgan fingerprint density at radius 2 is 2.15 bits per heavy atom. The summed E-state index contributed by atoms with van der Waals surface area (Å²) in [5.74, 6) is -0.485. The predicted octanol–water partition coefficient (Wildman–Crippen LogP) is 1.86. The maximum Gasteiger partial charge on any atom is 0.129 e. The third-order valence-electron chi connectivity index (χ3n) is 1.84. The van der Waals surface area contributed by atoms with E-state index in [1.54, 1.807) is 6.07 Å². The summed E-state index contributed by atoms with van der Waals surface area (Å²) in [6.45, 7) is 1.51. The summed E-state index contributed by atoms with van der Waals surface area (Å²) < 4.78 is 13.2. The molecule has 0 saturated carbocycles. The van der Waals surface area contributed by atoms with Crippen LogP contribution >= 0.6 is 11.6 Å². The lowest BCUT2D eigenvalue weighted by atomic mass is 10.0. The van der Waals surface area contributed by atoms with E-state index in [0.717, 1.165) is 0 Å². The Hall–Kier alpha value is -0.640. The fourth-order valence-electron chi connectivity index (χ4n) is 1.03. The number of rotatable bonds is 2. The molecule has 0 heterocycles. The molecule has 0 aromatic heterocycles. The fraction of sp³-hybridized carbons (Fsp3) is 0.333. The Morgan fingerprint density at radius 3 is 2.62 bits per heavy atom. The van der Waals surface area contributed by atoms with Crippen molar-refractivity contribution < 1.29 is 9.50 Å². The minimum atomic E-state index is -0.782. The molecule has 4 heteroatoms. The van der Waals surface area contributed by atoms with Gasteiger partial charge in [0, 0.05) is 10.6 Å². The SMILES string of the molecule is C[C@H](O)[C@H](N)c1ccc(Cl)cc1F. The van der Waals surface area contributed by atoms with Gasteiger partial charge in [-0.15, -0.1) is 0 Å². The standard InChI is InChI=1S/C9H11ClFNO/c1-5(13)9(12)7-3-2-6(10)4-8(7)11/h2-5,9,13H,12H2,1H3/t5-,9-/m0/s1. The molecular formula is C9H11ClFNO. The lowest BCUT2D eigenvalue weighted by Crippen LogP contribution is -2.24. The van der Waals surface area contributed by atoms with Crippen molar-refractivity contribution in [1.82, 2.24) is 0 Å². The van der Waals surface area contributed by atoms with Crippen LogP contribution in [-0.4, -0.2) is 11.2 Å². The quantitative estimate of drug-likeness (QED) is 0.771. The third-order valence-corrected chi connectivity index (χ3v) is 2.08. The summed E-state index contributed by atoms with van der Waals surface area (Å²) >= 11 is 5.56. The highest BCUT2D eigenvalue weighted by molar-refractivity contribution is 6.30. The molecule has 0 unspecified atom stereocenters. The Morgan fingerprint density at radius 1 is 1.54 bits per heavy atom. The zero-order chi connectivity index (χ0) is 10.0. The topological polar surface area (TPSA) is 46.2 Å².